The number of aryl methyl sites for hydroxylation is 1. The Bertz CT molecular complexity index is 1340. The number of anilines is 2. The van der Waals surface area contributed by atoms with Crippen LogP contribution in [-0.4, -0.2) is 25.8 Å². The predicted octanol–water partition coefficient (Wildman–Crippen LogP) is 4.55. The molecule has 0 aliphatic carbocycles. The van der Waals surface area contributed by atoms with Gasteiger partial charge in [0.1, 0.15) is 0 Å². The molecule has 0 saturated carbocycles. The van der Waals surface area contributed by atoms with Gasteiger partial charge in [0.25, 0.3) is 0 Å². The fraction of sp³-hybridized carbons (Fsp3) is 0.0417. The van der Waals surface area contributed by atoms with Gasteiger partial charge in [0.2, 0.25) is 11.9 Å². The van der Waals surface area contributed by atoms with E-state index in [1.54, 1.807) is 43.3 Å². The van der Waals surface area contributed by atoms with Gasteiger partial charge in [0.15, 0.2) is 11.6 Å². The van der Waals surface area contributed by atoms with Crippen LogP contribution in [0.3, 0.4) is 0 Å². The summed E-state index contributed by atoms with van der Waals surface area (Å²) in [5.41, 5.74) is 9.44. The molecular formula is C24H19FN6O2. The summed E-state index contributed by atoms with van der Waals surface area (Å²) < 4.78 is 20.3. The van der Waals surface area contributed by atoms with Gasteiger partial charge in [-0.2, -0.15) is 0 Å². The number of rotatable bonds is 6. The number of nitrogen functional groups attached to an aromatic ring is 1. The van der Waals surface area contributed by atoms with Crippen molar-refractivity contribution < 1.29 is 13.9 Å². The van der Waals surface area contributed by atoms with Crippen molar-refractivity contribution in [2.75, 3.05) is 11.1 Å². The Balaban J connectivity index is 1.66. The van der Waals surface area contributed by atoms with Crippen LogP contribution >= 0.6 is 0 Å². The van der Waals surface area contributed by atoms with Crippen LogP contribution in [0.15, 0.2) is 73.6 Å². The lowest BCUT2D eigenvalue weighted by Gasteiger charge is -2.12. The van der Waals surface area contributed by atoms with E-state index in [9.17, 15) is 9.18 Å². The van der Waals surface area contributed by atoms with E-state index in [4.69, 9.17) is 10.5 Å². The molecular weight excluding hydrogens is 423 g/mol. The fourth-order valence-corrected chi connectivity index (χ4v) is 3.06. The number of benzene rings is 2. The third kappa shape index (κ3) is 4.99. The Kier molecular flexibility index (Phi) is 6.03. The number of hydrogen-bond donors (Lipinski definition) is 2. The zero-order chi connectivity index (χ0) is 23.4. The summed E-state index contributed by atoms with van der Waals surface area (Å²) in [6.07, 6.45) is 4.25. The molecule has 164 valence electrons. The second-order valence-corrected chi connectivity index (χ2v) is 6.99. The highest BCUT2D eigenvalue weighted by molar-refractivity contribution is 5.99. The number of nitrogens with two attached hydrogens (primary N) is 1. The predicted molar refractivity (Wildman–Crippen MR) is 123 cm³/mol. The minimum absolute atomic E-state index is 0.00965. The number of amides is 1. The van der Waals surface area contributed by atoms with Crippen molar-refractivity contribution in [2.45, 2.75) is 6.92 Å². The van der Waals surface area contributed by atoms with E-state index in [1.165, 1.54) is 30.6 Å². The maximum absolute atomic E-state index is 14.8. The topological polar surface area (TPSA) is 116 Å². The van der Waals surface area contributed by atoms with E-state index in [0.717, 1.165) is 0 Å². The Morgan fingerprint density at radius 3 is 2.55 bits per heavy atom. The number of nitrogens with zero attached hydrogens (tertiary/aromatic N) is 4. The van der Waals surface area contributed by atoms with E-state index in [-0.39, 0.29) is 23.6 Å². The standard InChI is InChI=1S/C24H19FN6O2/c1-3-21(32)30-17-7-4-15(5-8-17)22-18(13-28-23(26)31-22)16-6-9-20(19(25)12-16)33-24-27-11-10-14(2)29-24/h3-13H,1H2,2H3,(H,30,32)(H2,26,28,31). The van der Waals surface area contributed by atoms with Crippen LogP contribution in [0.25, 0.3) is 22.4 Å². The third-order valence-electron chi connectivity index (χ3n) is 4.64. The van der Waals surface area contributed by atoms with Crippen molar-refractivity contribution in [3.8, 4) is 34.1 Å². The van der Waals surface area contributed by atoms with E-state index in [1.807, 2.05) is 0 Å². The molecule has 1 amide bonds. The highest BCUT2D eigenvalue weighted by atomic mass is 19.1. The van der Waals surface area contributed by atoms with Crippen molar-refractivity contribution >= 4 is 17.5 Å². The zero-order valence-electron chi connectivity index (χ0n) is 17.6. The lowest BCUT2D eigenvalue weighted by atomic mass is 10.0. The molecule has 4 aromatic rings. The van der Waals surface area contributed by atoms with E-state index >= 15 is 0 Å². The van der Waals surface area contributed by atoms with Crippen LogP contribution in [-0.2, 0) is 4.79 Å². The summed E-state index contributed by atoms with van der Waals surface area (Å²) in [6, 6.07) is 13.3. The van der Waals surface area contributed by atoms with E-state index < -0.39 is 5.82 Å². The zero-order valence-corrected chi connectivity index (χ0v) is 17.6. The number of halogens is 1. The molecule has 4 rings (SSSR count). The normalized spacial score (nSPS) is 10.5. The first-order valence-electron chi connectivity index (χ1n) is 9.87. The van der Waals surface area contributed by atoms with Gasteiger partial charge in [0.05, 0.1) is 5.69 Å². The van der Waals surface area contributed by atoms with Crippen molar-refractivity contribution in [2.24, 2.45) is 0 Å². The number of aromatic nitrogens is 4. The van der Waals surface area contributed by atoms with Crippen molar-refractivity contribution in [1.29, 1.82) is 0 Å². The maximum atomic E-state index is 14.8. The Hall–Kier alpha value is -4.66. The number of hydrogen-bond acceptors (Lipinski definition) is 7. The molecule has 0 fully saturated rings. The summed E-state index contributed by atoms with van der Waals surface area (Å²) in [5, 5.41) is 2.68. The highest BCUT2D eigenvalue weighted by Crippen LogP contribution is 2.34. The third-order valence-corrected chi connectivity index (χ3v) is 4.64. The van der Waals surface area contributed by atoms with Crippen LogP contribution in [0, 0.1) is 12.7 Å². The first-order chi connectivity index (χ1) is 15.9. The molecule has 2 heterocycles. The van der Waals surface area contributed by atoms with Crippen LogP contribution in [0.1, 0.15) is 5.69 Å². The number of carbonyl (C=O) groups excluding carboxylic acids is 1. The summed E-state index contributed by atoms with van der Waals surface area (Å²) >= 11 is 0. The van der Waals surface area contributed by atoms with Crippen molar-refractivity contribution in [1.82, 2.24) is 19.9 Å². The lowest BCUT2D eigenvalue weighted by Crippen LogP contribution is -2.06. The smallest absolute Gasteiger partial charge is 0.322 e. The first-order valence-corrected chi connectivity index (χ1v) is 9.87. The highest BCUT2D eigenvalue weighted by Gasteiger charge is 2.15. The molecule has 0 unspecified atom stereocenters. The van der Waals surface area contributed by atoms with Gasteiger partial charge >= 0.3 is 6.01 Å². The fourth-order valence-electron chi connectivity index (χ4n) is 3.06. The summed E-state index contributed by atoms with van der Waals surface area (Å²) in [6.45, 7) is 5.22. The molecule has 0 radical (unpaired) electrons. The van der Waals surface area contributed by atoms with Gasteiger partial charge in [-0.3, -0.25) is 4.79 Å². The lowest BCUT2D eigenvalue weighted by molar-refractivity contribution is -0.111. The minimum atomic E-state index is -0.595. The van der Waals surface area contributed by atoms with E-state index in [2.05, 4.69) is 31.8 Å². The van der Waals surface area contributed by atoms with Crippen molar-refractivity contribution in [3.05, 3.63) is 85.1 Å². The van der Waals surface area contributed by atoms with Crippen LogP contribution in [0.5, 0.6) is 11.8 Å². The number of ether oxygens (including phenoxy) is 1. The Morgan fingerprint density at radius 1 is 1.09 bits per heavy atom. The molecule has 8 nitrogen and oxygen atoms in total. The van der Waals surface area contributed by atoms with Gasteiger partial charge in [-0.1, -0.05) is 24.8 Å². The summed E-state index contributed by atoms with van der Waals surface area (Å²) in [4.78, 5) is 28.0. The van der Waals surface area contributed by atoms with Crippen LogP contribution < -0.4 is 15.8 Å². The number of carbonyl (C=O) groups is 1. The SMILES string of the molecule is C=CC(=O)Nc1ccc(-c2nc(N)ncc2-c2ccc(Oc3nccc(C)n3)c(F)c2)cc1. The molecule has 0 bridgehead atoms. The second-order valence-electron chi connectivity index (χ2n) is 6.99. The van der Waals surface area contributed by atoms with Crippen molar-refractivity contribution in [3.63, 3.8) is 0 Å². The Morgan fingerprint density at radius 2 is 1.85 bits per heavy atom. The molecule has 0 aliphatic heterocycles. The molecule has 0 spiro atoms. The quantitative estimate of drug-likeness (QED) is 0.421. The average Bonchev–Trinajstić information content (AvgIpc) is 2.81. The summed E-state index contributed by atoms with van der Waals surface area (Å²) in [7, 11) is 0. The number of nitrogens with one attached hydrogen (secondary N) is 1. The molecule has 33 heavy (non-hydrogen) atoms. The molecule has 0 aliphatic rings. The van der Waals surface area contributed by atoms with Crippen LogP contribution in [0.4, 0.5) is 16.0 Å². The molecule has 2 aromatic carbocycles. The van der Waals surface area contributed by atoms with Gasteiger partial charge < -0.3 is 15.8 Å². The van der Waals surface area contributed by atoms with Gasteiger partial charge in [-0.25, -0.2) is 24.3 Å². The molecule has 0 saturated heterocycles. The largest absolute Gasteiger partial charge is 0.421 e. The minimum Gasteiger partial charge on any atom is -0.421 e. The second kappa shape index (κ2) is 9.23. The monoisotopic (exact) mass is 442 g/mol. The molecule has 9 heteroatoms. The van der Waals surface area contributed by atoms with E-state index in [0.29, 0.717) is 33.8 Å². The van der Waals surface area contributed by atoms with Gasteiger partial charge in [0, 0.05) is 34.9 Å². The van der Waals surface area contributed by atoms with Gasteiger partial charge in [-0.15, -0.1) is 0 Å². The average molecular weight is 442 g/mol. The Labute approximate surface area is 189 Å². The maximum Gasteiger partial charge on any atom is 0.322 e. The molecule has 2 aromatic heterocycles. The molecule has 3 N–H and O–H groups in total. The van der Waals surface area contributed by atoms with Crippen LogP contribution in [0.2, 0.25) is 0 Å². The molecule has 0 atom stereocenters. The summed E-state index contributed by atoms with van der Waals surface area (Å²) in [5.74, 6) is -0.842. The van der Waals surface area contributed by atoms with Gasteiger partial charge in [-0.05, 0) is 48.9 Å². The first kappa shape index (κ1) is 21.6.